The Morgan fingerprint density at radius 3 is 2.20 bits per heavy atom. The third kappa shape index (κ3) is 6.93. The van der Waals surface area contributed by atoms with Crippen molar-refractivity contribution in [2.24, 2.45) is 11.8 Å². The molecular formula is C17H28ClN3O3S. The molecule has 1 saturated heterocycles. The van der Waals surface area contributed by atoms with E-state index in [2.05, 4.69) is 15.4 Å². The van der Waals surface area contributed by atoms with Crippen LogP contribution in [0.2, 0.25) is 0 Å². The number of carbonyl (C=O) groups excluding carboxylic acids is 1. The molecule has 1 atom stereocenters. The minimum absolute atomic E-state index is 0. The van der Waals surface area contributed by atoms with Crippen molar-refractivity contribution < 1.29 is 13.2 Å². The number of rotatable bonds is 8. The van der Waals surface area contributed by atoms with Crippen LogP contribution in [-0.2, 0) is 27.1 Å². The fourth-order valence-corrected chi connectivity index (χ4v) is 4.04. The van der Waals surface area contributed by atoms with E-state index < -0.39 is 10.0 Å². The molecule has 0 bridgehead atoms. The number of benzene rings is 1. The quantitative estimate of drug-likeness (QED) is 0.627. The molecule has 1 heterocycles. The largest absolute Gasteiger partial charge is 0.352 e. The Hall–Kier alpha value is -1.15. The average molecular weight is 390 g/mol. The first kappa shape index (κ1) is 21.9. The van der Waals surface area contributed by atoms with Crippen molar-refractivity contribution >= 4 is 28.3 Å². The van der Waals surface area contributed by atoms with Crippen LogP contribution in [0.1, 0.15) is 31.9 Å². The Morgan fingerprint density at radius 2 is 1.72 bits per heavy atom. The minimum atomic E-state index is -3.32. The molecule has 0 aromatic heterocycles. The van der Waals surface area contributed by atoms with Gasteiger partial charge in [-0.2, -0.15) is 0 Å². The highest BCUT2D eigenvalue weighted by Gasteiger charge is 2.28. The van der Waals surface area contributed by atoms with Gasteiger partial charge in [-0.05, 0) is 44.0 Å². The number of hydrogen-bond donors (Lipinski definition) is 3. The Morgan fingerprint density at radius 1 is 1.16 bits per heavy atom. The second kappa shape index (κ2) is 9.52. The first-order chi connectivity index (χ1) is 11.3. The number of nitrogens with one attached hydrogen (secondary N) is 3. The molecule has 1 aromatic carbocycles. The summed E-state index contributed by atoms with van der Waals surface area (Å²) in [5.41, 5.74) is 1.69. The van der Waals surface area contributed by atoms with Crippen molar-refractivity contribution in [1.82, 2.24) is 15.4 Å². The molecule has 0 spiro atoms. The Kier molecular flexibility index (Phi) is 8.34. The van der Waals surface area contributed by atoms with Crippen molar-refractivity contribution in [3.05, 3.63) is 35.4 Å². The smallest absolute Gasteiger partial charge is 0.223 e. The molecule has 0 saturated carbocycles. The summed E-state index contributed by atoms with van der Waals surface area (Å²) in [5.74, 6) is 0.460. The Balaban J connectivity index is 0.00000312. The van der Waals surface area contributed by atoms with Gasteiger partial charge in [-0.3, -0.25) is 4.79 Å². The van der Waals surface area contributed by atoms with Crippen LogP contribution >= 0.6 is 12.4 Å². The summed E-state index contributed by atoms with van der Waals surface area (Å²) >= 11 is 0. The van der Waals surface area contributed by atoms with E-state index in [1.807, 2.05) is 19.1 Å². The predicted octanol–water partition coefficient (Wildman–Crippen LogP) is 1.41. The molecular weight excluding hydrogens is 362 g/mol. The monoisotopic (exact) mass is 389 g/mol. The van der Waals surface area contributed by atoms with E-state index in [1.165, 1.54) is 0 Å². The highest BCUT2D eigenvalue weighted by atomic mass is 35.5. The van der Waals surface area contributed by atoms with Gasteiger partial charge in [0.25, 0.3) is 0 Å². The molecule has 0 aliphatic carbocycles. The maximum atomic E-state index is 12.1. The van der Waals surface area contributed by atoms with Crippen molar-refractivity contribution in [2.75, 3.05) is 13.1 Å². The maximum absolute atomic E-state index is 12.1. The van der Waals surface area contributed by atoms with Crippen molar-refractivity contribution in [3.63, 3.8) is 0 Å². The topological polar surface area (TPSA) is 87.3 Å². The standard InChI is InChI=1S/C17H27N3O3S.ClH/c1-12(2)20-24(22,23)11-15-6-4-14(5-7-15)8-19-17(21)13(3)16-9-18-10-16;/h4-7,12-13,16,18,20H,8-11H2,1-3H3,(H,19,21);1H. The average Bonchev–Trinajstić information content (AvgIpc) is 2.42. The molecule has 0 radical (unpaired) electrons. The minimum Gasteiger partial charge on any atom is -0.352 e. The lowest BCUT2D eigenvalue weighted by atomic mass is 9.88. The molecule has 2 rings (SSSR count). The van der Waals surface area contributed by atoms with Gasteiger partial charge in [0.05, 0.1) is 5.75 Å². The van der Waals surface area contributed by atoms with Gasteiger partial charge in [0.2, 0.25) is 15.9 Å². The van der Waals surface area contributed by atoms with Crippen LogP contribution in [0.15, 0.2) is 24.3 Å². The Labute approximate surface area is 156 Å². The normalized spacial score (nSPS) is 16.0. The molecule has 1 unspecified atom stereocenters. The van der Waals surface area contributed by atoms with Crippen LogP contribution in [0.5, 0.6) is 0 Å². The summed E-state index contributed by atoms with van der Waals surface area (Å²) < 4.78 is 26.4. The summed E-state index contributed by atoms with van der Waals surface area (Å²) in [7, 11) is -3.32. The first-order valence-corrected chi connectivity index (χ1v) is 9.98. The molecule has 1 aromatic rings. The van der Waals surface area contributed by atoms with Crippen LogP contribution in [0.3, 0.4) is 0 Å². The number of halogens is 1. The van der Waals surface area contributed by atoms with Gasteiger partial charge in [-0.25, -0.2) is 13.1 Å². The number of carbonyl (C=O) groups is 1. The SMILES string of the molecule is CC(C)NS(=O)(=O)Cc1ccc(CNC(=O)C(C)C2CNC2)cc1.Cl. The number of amides is 1. The van der Waals surface area contributed by atoms with Gasteiger partial charge in [0, 0.05) is 18.5 Å². The van der Waals surface area contributed by atoms with E-state index in [0.717, 1.165) is 24.2 Å². The van der Waals surface area contributed by atoms with Gasteiger partial charge < -0.3 is 10.6 Å². The van der Waals surface area contributed by atoms with Crippen molar-refractivity contribution in [2.45, 2.75) is 39.1 Å². The molecule has 142 valence electrons. The zero-order valence-electron chi connectivity index (χ0n) is 14.9. The van der Waals surface area contributed by atoms with Gasteiger partial charge in [-0.15, -0.1) is 12.4 Å². The molecule has 1 amide bonds. The van der Waals surface area contributed by atoms with Crippen LogP contribution in [0.4, 0.5) is 0 Å². The maximum Gasteiger partial charge on any atom is 0.223 e. The third-order valence-corrected chi connectivity index (χ3v) is 5.74. The zero-order chi connectivity index (χ0) is 17.7. The van der Waals surface area contributed by atoms with Crippen LogP contribution in [0, 0.1) is 11.8 Å². The number of sulfonamides is 1. The Bertz CT molecular complexity index is 658. The zero-order valence-corrected chi connectivity index (χ0v) is 16.5. The lowest BCUT2D eigenvalue weighted by Crippen LogP contribution is -2.49. The summed E-state index contributed by atoms with van der Waals surface area (Å²) in [6.07, 6.45) is 0. The molecule has 1 fully saturated rings. The molecule has 3 N–H and O–H groups in total. The highest BCUT2D eigenvalue weighted by Crippen LogP contribution is 2.16. The lowest BCUT2D eigenvalue weighted by molar-refractivity contribution is -0.126. The van der Waals surface area contributed by atoms with E-state index in [-0.39, 0.29) is 36.0 Å². The summed E-state index contributed by atoms with van der Waals surface area (Å²) in [5, 5.41) is 6.12. The summed E-state index contributed by atoms with van der Waals surface area (Å²) in [6, 6.07) is 7.18. The second-order valence-corrected chi connectivity index (χ2v) is 8.53. The molecule has 1 aliphatic rings. The van der Waals surface area contributed by atoms with Crippen LogP contribution < -0.4 is 15.4 Å². The van der Waals surface area contributed by atoms with Gasteiger partial charge >= 0.3 is 0 Å². The van der Waals surface area contributed by atoms with Gasteiger partial charge in [0.1, 0.15) is 0 Å². The molecule has 8 heteroatoms. The second-order valence-electron chi connectivity index (χ2n) is 6.77. The highest BCUT2D eigenvalue weighted by molar-refractivity contribution is 7.88. The predicted molar refractivity (Wildman–Crippen MR) is 102 cm³/mol. The van der Waals surface area contributed by atoms with E-state index in [4.69, 9.17) is 0 Å². The third-order valence-electron chi connectivity index (χ3n) is 4.20. The van der Waals surface area contributed by atoms with E-state index in [9.17, 15) is 13.2 Å². The molecule has 6 nitrogen and oxygen atoms in total. The number of hydrogen-bond acceptors (Lipinski definition) is 4. The molecule has 25 heavy (non-hydrogen) atoms. The van der Waals surface area contributed by atoms with Crippen LogP contribution in [-0.4, -0.2) is 33.5 Å². The van der Waals surface area contributed by atoms with Crippen LogP contribution in [0.25, 0.3) is 0 Å². The van der Waals surface area contributed by atoms with Gasteiger partial charge in [0.15, 0.2) is 0 Å². The summed E-state index contributed by atoms with van der Waals surface area (Å²) in [4.78, 5) is 12.1. The van der Waals surface area contributed by atoms with Gasteiger partial charge in [-0.1, -0.05) is 31.2 Å². The van der Waals surface area contributed by atoms with Crippen molar-refractivity contribution in [3.8, 4) is 0 Å². The van der Waals surface area contributed by atoms with E-state index >= 15 is 0 Å². The first-order valence-electron chi connectivity index (χ1n) is 8.33. The molecule has 1 aliphatic heterocycles. The van der Waals surface area contributed by atoms with E-state index in [0.29, 0.717) is 12.5 Å². The summed E-state index contributed by atoms with van der Waals surface area (Å²) in [6.45, 7) is 7.81. The van der Waals surface area contributed by atoms with Crippen molar-refractivity contribution in [1.29, 1.82) is 0 Å². The van der Waals surface area contributed by atoms with E-state index in [1.54, 1.807) is 26.0 Å². The fraction of sp³-hybridized carbons (Fsp3) is 0.588. The lowest BCUT2D eigenvalue weighted by Gasteiger charge is -2.31. The fourth-order valence-electron chi connectivity index (χ4n) is 2.60.